The molecule has 0 radical (unpaired) electrons. The van der Waals surface area contributed by atoms with Gasteiger partial charge in [-0.15, -0.1) is 0 Å². The van der Waals surface area contributed by atoms with Crippen LogP contribution in [0.15, 0.2) is 47.4 Å². The predicted octanol–water partition coefficient (Wildman–Crippen LogP) is 2.63. The number of ether oxygens (including phenoxy) is 1. The molecule has 1 aliphatic heterocycles. The number of halogens is 1. The molecule has 2 aromatic rings. The highest BCUT2D eigenvalue weighted by Crippen LogP contribution is 2.30. The molecule has 0 saturated carbocycles. The third-order valence-corrected chi connectivity index (χ3v) is 4.32. The number of H-pyrrole nitrogens is 1. The first kappa shape index (κ1) is 15.8. The number of nitrogens with zero attached hydrogens (tertiary/aromatic N) is 1. The first-order valence-corrected chi connectivity index (χ1v) is 7.80. The monoisotopic (exact) mass is 332 g/mol. The zero-order valence-corrected chi connectivity index (χ0v) is 13.4. The molecule has 1 aromatic carbocycles. The van der Waals surface area contributed by atoms with Crippen molar-refractivity contribution in [3.05, 3.63) is 69.1 Å². The normalized spacial score (nSPS) is 21.2. The van der Waals surface area contributed by atoms with E-state index in [1.807, 2.05) is 31.2 Å². The largest absolute Gasteiger partial charge is 0.369 e. The first-order chi connectivity index (χ1) is 11.1. The van der Waals surface area contributed by atoms with Crippen molar-refractivity contribution in [2.24, 2.45) is 0 Å². The molecule has 3 rings (SSSR count). The third kappa shape index (κ3) is 3.30. The minimum Gasteiger partial charge on any atom is -0.369 e. The van der Waals surface area contributed by atoms with Gasteiger partial charge in [-0.3, -0.25) is 9.59 Å². The molecule has 0 bridgehead atoms. The molecule has 1 aliphatic rings. The van der Waals surface area contributed by atoms with E-state index in [1.54, 1.807) is 4.90 Å². The molecule has 5 nitrogen and oxygen atoms in total. The average molecular weight is 333 g/mol. The van der Waals surface area contributed by atoms with Crippen LogP contribution < -0.4 is 5.56 Å². The molecule has 2 heterocycles. The molecular formula is C17H17ClN2O3. The highest BCUT2D eigenvalue weighted by Gasteiger charge is 2.31. The number of hydrogen-bond donors (Lipinski definition) is 1. The Hall–Kier alpha value is -2.11. The Labute approximate surface area is 138 Å². The summed E-state index contributed by atoms with van der Waals surface area (Å²) in [6.07, 6.45) is 1.18. The van der Waals surface area contributed by atoms with Crippen LogP contribution in [0.1, 0.15) is 28.9 Å². The number of hydrogen-bond acceptors (Lipinski definition) is 3. The lowest BCUT2D eigenvalue weighted by atomic mass is 10.0. The van der Waals surface area contributed by atoms with E-state index in [1.165, 1.54) is 18.3 Å². The Morgan fingerprint density at radius 3 is 2.78 bits per heavy atom. The van der Waals surface area contributed by atoms with Crippen molar-refractivity contribution in [1.82, 2.24) is 9.88 Å². The molecule has 1 N–H and O–H groups in total. The van der Waals surface area contributed by atoms with Crippen LogP contribution in [0.2, 0.25) is 5.02 Å². The van der Waals surface area contributed by atoms with Gasteiger partial charge in [-0.2, -0.15) is 0 Å². The topological polar surface area (TPSA) is 62.4 Å². The lowest BCUT2D eigenvalue weighted by molar-refractivity contribution is -0.0486. The molecule has 0 spiro atoms. The first-order valence-electron chi connectivity index (χ1n) is 7.42. The Morgan fingerprint density at radius 2 is 2.09 bits per heavy atom. The van der Waals surface area contributed by atoms with E-state index in [2.05, 4.69) is 4.98 Å². The summed E-state index contributed by atoms with van der Waals surface area (Å²) >= 11 is 6.23. The smallest absolute Gasteiger partial charge is 0.255 e. The summed E-state index contributed by atoms with van der Waals surface area (Å²) in [6.45, 7) is 2.79. The van der Waals surface area contributed by atoms with E-state index in [-0.39, 0.29) is 23.6 Å². The Morgan fingerprint density at radius 1 is 1.30 bits per heavy atom. The molecule has 23 heavy (non-hydrogen) atoms. The van der Waals surface area contributed by atoms with Gasteiger partial charge in [0.05, 0.1) is 24.8 Å². The molecule has 1 amide bonds. The van der Waals surface area contributed by atoms with E-state index in [0.29, 0.717) is 23.7 Å². The fourth-order valence-electron chi connectivity index (χ4n) is 2.67. The zero-order valence-electron chi connectivity index (χ0n) is 12.7. The van der Waals surface area contributed by atoms with Crippen molar-refractivity contribution in [3.8, 4) is 0 Å². The molecular weight excluding hydrogens is 316 g/mol. The lowest BCUT2D eigenvalue weighted by Crippen LogP contribution is -2.48. The van der Waals surface area contributed by atoms with Crippen LogP contribution in [-0.4, -0.2) is 35.0 Å². The summed E-state index contributed by atoms with van der Waals surface area (Å²) in [6, 6.07) is 10.3. The number of carbonyl (C=O) groups is 1. The second-order valence-electron chi connectivity index (χ2n) is 5.59. The zero-order chi connectivity index (χ0) is 16.4. The Kier molecular flexibility index (Phi) is 4.50. The fourth-order valence-corrected chi connectivity index (χ4v) is 2.93. The van der Waals surface area contributed by atoms with Crippen molar-refractivity contribution in [2.75, 3.05) is 13.2 Å². The van der Waals surface area contributed by atoms with Gasteiger partial charge in [0.25, 0.3) is 5.91 Å². The molecule has 120 valence electrons. The van der Waals surface area contributed by atoms with Crippen LogP contribution in [0.5, 0.6) is 0 Å². The van der Waals surface area contributed by atoms with E-state index >= 15 is 0 Å². The van der Waals surface area contributed by atoms with Gasteiger partial charge >= 0.3 is 0 Å². The summed E-state index contributed by atoms with van der Waals surface area (Å²) in [5.74, 6) is -0.130. The van der Waals surface area contributed by atoms with Crippen LogP contribution in [-0.2, 0) is 4.74 Å². The molecule has 6 heteroatoms. The number of pyridine rings is 1. The van der Waals surface area contributed by atoms with Crippen LogP contribution >= 0.6 is 11.6 Å². The molecule has 1 aromatic heterocycles. The number of aromatic amines is 1. The minimum absolute atomic E-state index is 0.0480. The highest BCUT2D eigenvalue weighted by molar-refractivity contribution is 6.31. The summed E-state index contributed by atoms with van der Waals surface area (Å²) in [4.78, 5) is 28.1. The van der Waals surface area contributed by atoms with Crippen LogP contribution in [0.25, 0.3) is 0 Å². The van der Waals surface area contributed by atoms with Gasteiger partial charge in [-0.05, 0) is 19.1 Å². The number of amides is 1. The van der Waals surface area contributed by atoms with E-state index in [0.717, 1.165) is 5.56 Å². The number of rotatable bonds is 2. The Balaban J connectivity index is 1.83. The maximum atomic E-state index is 12.7. The molecule has 0 aliphatic carbocycles. The molecule has 0 unspecified atom stereocenters. The maximum Gasteiger partial charge on any atom is 0.255 e. The van der Waals surface area contributed by atoms with Crippen molar-refractivity contribution in [1.29, 1.82) is 0 Å². The van der Waals surface area contributed by atoms with Gasteiger partial charge in [0.15, 0.2) is 0 Å². The van der Waals surface area contributed by atoms with Gasteiger partial charge < -0.3 is 14.6 Å². The van der Waals surface area contributed by atoms with Crippen molar-refractivity contribution in [3.63, 3.8) is 0 Å². The second kappa shape index (κ2) is 6.56. The third-order valence-electron chi connectivity index (χ3n) is 3.98. The van der Waals surface area contributed by atoms with E-state index in [9.17, 15) is 9.59 Å². The number of nitrogens with one attached hydrogen (secondary N) is 1. The SMILES string of the molecule is C[C@H]1CO[C@@H](c2ccccc2Cl)CN1C(=O)c1ccc(=O)[nH]c1. The van der Waals surface area contributed by atoms with Crippen LogP contribution in [0.3, 0.4) is 0 Å². The number of aromatic nitrogens is 1. The minimum atomic E-state index is -0.258. The summed E-state index contributed by atoms with van der Waals surface area (Å²) in [5, 5.41) is 0.628. The molecule has 1 fully saturated rings. The summed E-state index contributed by atoms with van der Waals surface area (Å²) in [7, 11) is 0. The van der Waals surface area contributed by atoms with Crippen LogP contribution in [0.4, 0.5) is 0 Å². The summed E-state index contributed by atoms with van der Waals surface area (Å²) in [5.41, 5.74) is 1.10. The quantitative estimate of drug-likeness (QED) is 0.919. The van der Waals surface area contributed by atoms with Gasteiger partial charge in [0, 0.05) is 22.8 Å². The summed E-state index contributed by atoms with van der Waals surface area (Å²) < 4.78 is 5.86. The Bertz CT molecular complexity index is 754. The van der Waals surface area contributed by atoms with Crippen molar-refractivity contribution < 1.29 is 9.53 Å². The van der Waals surface area contributed by atoms with Crippen molar-refractivity contribution in [2.45, 2.75) is 19.1 Å². The van der Waals surface area contributed by atoms with Gasteiger partial charge in [-0.25, -0.2) is 0 Å². The number of benzene rings is 1. The molecule has 2 atom stereocenters. The van der Waals surface area contributed by atoms with Gasteiger partial charge in [-0.1, -0.05) is 29.8 Å². The highest BCUT2D eigenvalue weighted by atomic mass is 35.5. The average Bonchev–Trinajstić information content (AvgIpc) is 2.56. The predicted molar refractivity (Wildman–Crippen MR) is 87.7 cm³/mol. The maximum absolute atomic E-state index is 12.7. The van der Waals surface area contributed by atoms with Gasteiger partial charge in [0.1, 0.15) is 6.10 Å². The van der Waals surface area contributed by atoms with Gasteiger partial charge in [0.2, 0.25) is 5.56 Å². The molecule has 1 saturated heterocycles. The van der Waals surface area contributed by atoms with Crippen LogP contribution in [0, 0.1) is 0 Å². The standard InChI is InChI=1S/C17H17ClN2O3/c1-11-10-23-15(13-4-2-3-5-14(13)18)9-20(11)17(22)12-6-7-16(21)19-8-12/h2-8,11,15H,9-10H2,1H3,(H,19,21)/t11-,15+/m0/s1. The number of morpholine rings is 1. The fraction of sp³-hybridized carbons (Fsp3) is 0.294. The van der Waals surface area contributed by atoms with E-state index < -0.39 is 0 Å². The van der Waals surface area contributed by atoms with Crippen molar-refractivity contribution >= 4 is 17.5 Å². The lowest BCUT2D eigenvalue weighted by Gasteiger charge is -2.38. The number of carbonyl (C=O) groups excluding carboxylic acids is 1. The second-order valence-corrected chi connectivity index (χ2v) is 6.00. The van der Waals surface area contributed by atoms with E-state index in [4.69, 9.17) is 16.3 Å².